The molecular weight excluding hydrogens is 326 g/mol. The molecule has 0 aliphatic heterocycles. The molecule has 3 aromatic rings. The molecule has 1 aromatic heterocycles. The van der Waals surface area contributed by atoms with Crippen molar-refractivity contribution in [2.45, 2.75) is 19.8 Å². The van der Waals surface area contributed by atoms with Crippen LogP contribution in [-0.4, -0.2) is 5.91 Å². The number of hydrogen-bond acceptors (Lipinski definition) is 3. The smallest absolute Gasteiger partial charge is 0.349 e. The predicted octanol–water partition coefficient (Wildman–Crippen LogP) is 4.82. The molecule has 0 atom stereocenters. The standard InChI is InChI=1S/C19H16ClNO3/c1-11(2)12-6-8-14(9-7-12)21-18(22)15-10-13-4-3-5-16(20)17(13)24-19(15)23/h3-11H,1-2H3,(H,21,22). The molecule has 122 valence electrons. The molecule has 0 bridgehead atoms. The predicted molar refractivity (Wildman–Crippen MR) is 96.0 cm³/mol. The highest BCUT2D eigenvalue weighted by Crippen LogP contribution is 2.23. The van der Waals surface area contributed by atoms with E-state index in [1.54, 1.807) is 18.2 Å². The van der Waals surface area contributed by atoms with E-state index in [9.17, 15) is 9.59 Å². The quantitative estimate of drug-likeness (QED) is 0.694. The number of hydrogen-bond donors (Lipinski definition) is 1. The Bertz CT molecular complexity index is 959. The van der Waals surface area contributed by atoms with Crippen LogP contribution in [0.4, 0.5) is 5.69 Å². The summed E-state index contributed by atoms with van der Waals surface area (Å²) in [6.45, 7) is 4.19. The van der Waals surface area contributed by atoms with Gasteiger partial charge in [-0.2, -0.15) is 0 Å². The first-order valence-electron chi connectivity index (χ1n) is 7.59. The van der Waals surface area contributed by atoms with Gasteiger partial charge in [-0.3, -0.25) is 4.79 Å². The summed E-state index contributed by atoms with van der Waals surface area (Å²) in [4.78, 5) is 24.5. The fraction of sp³-hybridized carbons (Fsp3) is 0.158. The average Bonchev–Trinajstić information content (AvgIpc) is 2.55. The maximum atomic E-state index is 12.4. The number of para-hydroxylation sites is 1. The topological polar surface area (TPSA) is 59.3 Å². The van der Waals surface area contributed by atoms with Crippen LogP contribution in [0.2, 0.25) is 5.02 Å². The lowest BCUT2D eigenvalue weighted by atomic mass is 10.0. The Balaban J connectivity index is 1.91. The van der Waals surface area contributed by atoms with Gasteiger partial charge in [-0.05, 0) is 35.7 Å². The Morgan fingerprint density at radius 3 is 2.50 bits per heavy atom. The van der Waals surface area contributed by atoms with Crippen LogP contribution in [0.1, 0.15) is 35.7 Å². The Morgan fingerprint density at radius 1 is 1.12 bits per heavy atom. The maximum Gasteiger partial charge on any atom is 0.349 e. The summed E-state index contributed by atoms with van der Waals surface area (Å²) < 4.78 is 5.18. The molecule has 0 fully saturated rings. The summed E-state index contributed by atoms with van der Waals surface area (Å²) in [6.07, 6.45) is 0. The van der Waals surface area contributed by atoms with E-state index in [4.69, 9.17) is 16.0 Å². The van der Waals surface area contributed by atoms with E-state index in [1.807, 2.05) is 24.3 Å². The van der Waals surface area contributed by atoms with Crippen LogP contribution in [-0.2, 0) is 0 Å². The highest BCUT2D eigenvalue weighted by atomic mass is 35.5. The number of halogens is 1. The Labute approximate surface area is 144 Å². The third-order valence-electron chi connectivity index (χ3n) is 3.79. The first-order chi connectivity index (χ1) is 11.5. The van der Waals surface area contributed by atoms with E-state index < -0.39 is 11.5 Å². The molecule has 0 unspecified atom stereocenters. The normalized spacial score (nSPS) is 11.0. The number of anilines is 1. The van der Waals surface area contributed by atoms with E-state index in [-0.39, 0.29) is 11.1 Å². The van der Waals surface area contributed by atoms with Gasteiger partial charge in [0.05, 0.1) is 5.02 Å². The average molecular weight is 342 g/mol. The van der Waals surface area contributed by atoms with E-state index in [0.29, 0.717) is 22.0 Å². The number of carbonyl (C=O) groups excluding carboxylic acids is 1. The van der Waals surface area contributed by atoms with Gasteiger partial charge >= 0.3 is 5.63 Å². The second-order valence-electron chi connectivity index (χ2n) is 5.84. The first-order valence-corrected chi connectivity index (χ1v) is 7.97. The van der Waals surface area contributed by atoms with E-state index in [0.717, 1.165) is 0 Å². The highest BCUT2D eigenvalue weighted by molar-refractivity contribution is 6.34. The van der Waals surface area contributed by atoms with Crippen molar-refractivity contribution in [1.29, 1.82) is 0 Å². The van der Waals surface area contributed by atoms with Gasteiger partial charge in [-0.25, -0.2) is 4.79 Å². The van der Waals surface area contributed by atoms with Gasteiger partial charge in [-0.1, -0.05) is 49.7 Å². The van der Waals surface area contributed by atoms with Crippen molar-refractivity contribution in [3.8, 4) is 0 Å². The minimum absolute atomic E-state index is 0.0577. The van der Waals surface area contributed by atoms with Gasteiger partial charge < -0.3 is 9.73 Å². The number of carbonyl (C=O) groups is 1. The summed E-state index contributed by atoms with van der Waals surface area (Å²) in [6, 6.07) is 14.1. The summed E-state index contributed by atoms with van der Waals surface area (Å²) in [5.41, 5.74) is 1.30. The fourth-order valence-corrected chi connectivity index (χ4v) is 2.64. The molecule has 0 spiro atoms. The third kappa shape index (κ3) is 3.19. The summed E-state index contributed by atoms with van der Waals surface area (Å²) in [5.74, 6) is -0.102. The van der Waals surface area contributed by atoms with Crippen molar-refractivity contribution in [2.24, 2.45) is 0 Å². The number of rotatable bonds is 3. The third-order valence-corrected chi connectivity index (χ3v) is 4.09. The zero-order chi connectivity index (χ0) is 17.3. The van der Waals surface area contributed by atoms with Gasteiger partial charge in [0.25, 0.3) is 5.91 Å². The van der Waals surface area contributed by atoms with Crippen LogP contribution in [0.3, 0.4) is 0 Å². The van der Waals surface area contributed by atoms with Crippen molar-refractivity contribution >= 4 is 34.2 Å². The molecule has 0 saturated carbocycles. The van der Waals surface area contributed by atoms with Gasteiger partial charge in [0.15, 0.2) is 5.58 Å². The zero-order valence-electron chi connectivity index (χ0n) is 13.3. The van der Waals surface area contributed by atoms with Crippen LogP contribution in [0.5, 0.6) is 0 Å². The number of nitrogens with one attached hydrogen (secondary N) is 1. The minimum atomic E-state index is -0.716. The molecular formula is C19H16ClNO3. The second kappa shape index (κ2) is 6.49. The molecule has 0 aliphatic rings. The van der Waals surface area contributed by atoms with E-state index in [2.05, 4.69) is 19.2 Å². The van der Waals surface area contributed by atoms with Crippen LogP contribution in [0, 0.1) is 0 Å². The molecule has 1 amide bonds. The Hall–Kier alpha value is -2.59. The van der Waals surface area contributed by atoms with Crippen LogP contribution in [0.25, 0.3) is 11.0 Å². The van der Waals surface area contributed by atoms with Gasteiger partial charge in [0, 0.05) is 11.1 Å². The SMILES string of the molecule is CC(C)c1ccc(NC(=O)c2cc3cccc(Cl)c3oc2=O)cc1. The van der Waals surface area contributed by atoms with Gasteiger partial charge in [0.2, 0.25) is 0 Å². The molecule has 4 nitrogen and oxygen atoms in total. The van der Waals surface area contributed by atoms with Crippen molar-refractivity contribution in [1.82, 2.24) is 0 Å². The van der Waals surface area contributed by atoms with Crippen LogP contribution >= 0.6 is 11.6 Å². The monoisotopic (exact) mass is 341 g/mol. The number of amides is 1. The zero-order valence-corrected chi connectivity index (χ0v) is 14.1. The molecule has 0 saturated heterocycles. The van der Waals surface area contributed by atoms with Crippen LogP contribution in [0.15, 0.2) is 57.7 Å². The molecule has 3 rings (SSSR count). The van der Waals surface area contributed by atoms with Crippen LogP contribution < -0.4 is 10.9 Å². The lowest BCUT2D eigenvalue weighted by Gasteiger charge is -2.08. The van der Waals surface area contributed by atoms with Gasteiger partial charge in [-0.15, -0.1) is 0 Å². The molecule has 0 aliphatic carbocycles. The molecule has 0 radical (unpaired) electrons. The number of benzene rings is 2. The number of fused-ring (bicyclic) bond motifs is 1. The molecule has 5 heteroatoms. The largest absolute Gasteiger partial charge is 0.421 e. The Morgan fingerprint density at radius 2 is 1.83 bits per heavy atom. The highest BCUT2D eigenvalue weighted by Gasteiger charge is 2.15. The lowest BCUT2D eigenvalue weighted by Crippen LogP contribution is -2.20. The molecule has 1 N–H and O–H groups in total. The molecule has 24 heavy (non-hydrogen) atoms. The summed E-state index contributed by atoms with van der Waals surface area (Å²) in [7, 11) is 0. The molecule has 2 aromatic carbocycles. The second-order valence-corrected chi connectivity index (χ2v) is 6.24. The van der Waals surface area contributed by atoms with Crippen molar-refractivity contribution in [3.63, 3.8) is 0 Å². The minimum Gasteiger partial charge on any atom is -0.421 e. The molecule has 1 heterocycles. The first kappa shape index (κ1) is 16.3. The van der Waals surface area contributed by atoms with Crippen molar-refractivity contribution in [2.75, 3.05) is 5.32 Å². The fourth-order valence-electron chi connectivity index (χ4n) is 2.42. The summed E-state index contributed by atoms with van der Waals surface area (Å²) in [5, 5.41) is 3.65. The summed E-state index contributed by atoms with van der Waals surface area (Å²) >= 11 is 6.00. The van der Waals surface area contributed by atoms with Crippen molar-refractivity contribution in [3.05, 3.63) is 75.1 Å². The lowest BCUT2D eigenvalue weighted by molar-refractivity contribution is 0.102. The van der Waals surface area contributed by atoms with E-state index >= 15 is 0 Å². The van der Waals surface area contributed by atoms with E-state index in [1.165, 1.54) is 11.6 Å². The maximum absolute atomic E-state index is 12.4. The Kier molecular flexibility index (Phi) is 4.40. The van der Waals surface area contributed by atoms with Gasteiger partial charge in [0.1, 0.15) is 5.56 Å². The van der Waals surface area contributed by atoms with Crippen molar-refractivity contribution < 1.29 is 9.21 Å².